The topological polar surface area (TPSA) is 41.5 Å². The third-order valence-corrected chi connectivity index (χ3v) is 2.66. The second kappa shape index (κ2) is 7.96. The van der Waals surface area contributed by atoms with Crippen molar-refractivity contribution in [2.45, 2.75) is 39.2 Å². The molecule has 0 aliphatic heterocycles. The summed E-state index contributed by atoms with van der Waals surface area (Å²) in [5, 5.41) is 12.0. The lowest BCUT2D eigenvalue weighted by atomic mass is 10.2. The van der Waals surface area contributed by atoms with E-state index in [2.05, 4.69) is 19.2 Å². The average molecular weight is 237 g/mol. The zero-order chi connectivity index (χ0) is 12.5. The minimum atomic E-state index is 0.250. The van der Waals surface area contributed by atoms with E-state index in [-0.39, 0.29) is 12.7 Å². The number of aliphatic hydroxyl groups is 1. The Morgan fingerprint density at radius 3 is 2.88 bits per heavy atom. The van der Waals surface area contributed by atoms with E-state index in [1.54, 1.807) is 0 Å². The van der Waals surface area contributed by atoms with Gasteiger partial charge in [-0.25, -0.2) is 0 Å². The number of benzene rings is 1. The molecule has 17 heavy (non-hydrogen) atoms. The number of aliphatic hydroxyl groups excluding tert-OH is 1. The van der Waals surface area contributed by atoms with E-state index in [1.807, 2.05) is 24.3 Å². The highest BCUT2D eigenvalue weighted by molar-refractivity contribution is 5.48. The molecule has 0 radical (unpaired) electrons. The van der Waals surface area contributed by atoms with E-state index in [0.29, 0.717) is 0 Å². The molecule has 1 aromatic carbocycles. The number of hydrogen-bond acceptors (Lipinski definition) is 3. The van der Waals surface area contributed by atoms with Gasteiger partial charge in [0.05, 0.1) is 6.10 Å². The van der Waals surface area contributed by atoms with Crippen LogP contribution in [0.4, 0.5) is 5.69 Å². The van der Waals surface area contributed by atoms with Gasteiger partial charge < -0.3 is 15.2 Å². The van der Waals surface area contributed by atoms with Crippen LogP contribution in [0.15, 0.2) is 24.3 Å². The molecule has 0 fully saturated rings. The molecule has 1 atom stereocenters. The third-order valence-electron chi connectivity index (χ3n) is 2.66. The summed E-state index contributed by atoms with van der Waals surface area (Å²) in [4.78, 5) is 0. The Bertz CT molecular complexity index is 315. The largest absolute Gasteiger partial charge is 0.491 e. The molecule has 1 unspecified atom stereocenters. The molecule has 0 heterocycles. The van der Waals surface area contributed by atoms with E-state index < -0.39 is 0 Å². The van der Waals surface area contributed by atoms with Crippen LogP contribution in [-0.2, 0) is 0 Å². The quantitative estimate of drug-likeness (QED) is 0.683. The number of unbranched alkanes of at least 4 members (excludes halogenated alkanes) is 1. The number of rotatable bonds is 8. The van der Waals surface area contributed by atoms with Crippen LogP contribution < -0.4 is 10.1 Å². The van der Waals surface area contributed by atoms with Crippen LogP contribution >= 0.6 is 0 Å². The molecule has 0 saturated heterocycles. The second-order valence-corrected chi connectivity index (χ2v) is 4.22. The maximum atomic E-state index is 8.69. The van der Waals surface area contributed by atoms with Crippen LogP contribution in [0.25, 0.3) is 0 Å². The van der Waals surface area contributed by atoms with Crippen molar-refractivity contribution >= 4 is 5.69 Å². The zero-order valence-electron chi connectivity index (χ0n) is 10.8. The lowest BCUT2D eigenvalue weighted by Crippen LogP contribution is -2.10. The number of anilines is 1. The minimum absolute atomic E-state index is 0.250. The van der Waals surface area contributed by atoms with E-state index >= 15 is 0 Å². The first kappa shape index (κ1) is 13.8. The van der Waals surface area contributed by atoms with Gasteiger partial charge in [-0.05, 0) is 38.3 Å². The second-order valence-electron chi connectivity index (χ2n) is 4.22. The highest BCUT2D eigenvalue weighted by atomic mass is 16.5. The standard InChI is InChI=1S/C14H23NO2/c1-3-12(2)17-14-8-6-7-13(11-14)15-9-4-5-10-16/h6-8,11-12,15-16H,3-5,9-10H2,1-2H3. The Labute approximate surface area is 104 Å². The predicted molar refractivity (Wildman–Crippen MR) is 71.6 cm³/mol. The first-order valence-corrected chi connectivity index (χ1v) is 6.37. The summed E-state index contributed by atoms with van der Waals surface area (Å²) < 4.78 is 5.75. The van der Waals surface area contributed by atoms with Crippen LogP contribution in [-0.4, -0.2) is 24.4 Å². The summed E-state index contributed by atoms with van der Waals surface area (Å²) in [6, 6.07) is 8.02. The summed E-state index contributed by atoms with van der Waals surface area (Å²) in [6.07, 6.45) is 3.08. The summed E-state index contributed by atoms with van der Waals surface area (Å²) in [5.41, 5.74) is 1.07. The number of ether oxygens (including phenoxy) is 1. The molecular weight excluding hydrogens is 214 g/mol. The highest BCUT2D eigenvalue weighted by Crippen LogP contribution is 2.19. The van der Waals surface area contributed by atoms with Gasteiger partial charge in [0.25, 0.3) is 0 Å². The van der Waals surface area contributed by atoms with E-state index in [0.717, 1.165) is 37.2 Å². The zero-order valence-corrected chi connectivity index (χ0v) is 10.8. The molecule has 96 valence electrons. The Morgan fingerprint density at radius 1 is 1.35 bits per heavy atom. The fraction of sp³-hybridized carbons (Fsp3) is 0.571. The molecule has 0 aliphatic rings. The van der Waals surface area contributed by atoms with E-state index in [4.69, 9.17) is 9.84 Å². The highest BCUT2D eigenvalue weighted by Gasteiger charge is 2.01. The van der Waals surface area contributed by atoms with E-state index in [9.17, 15) is 0 Å². The van der Waals surface area contributed by atoms with Crippen LogP contribution in [0, 0.1) is 0 Å². The van der Waals surface area contributed by atoms with Crippen molar-refractivity contribution in [3.8, 4) is 5.75 Å². The van der Waals surface area contributed by atoms with Gasteiger partial charge >= 0.3 is 0 Å². The number of nitrogens with one attached hydrogen (secondary N) is 1. The first-order chi connectivity index (χ1) is 8.26. The summed E-state index contributed by atoms with van der Waals surface area (Å²) in [6.45, 7) is 5.33. The van der Waals surface area contributed by atoms with Crippen molar-refractivity contribution in [1.29, 1.82) is 0 Å². The fourth-order valence-electron chi connectivity index (χ4n) is 1.46. The van der Waals surface area contributed by atoms with Crippen LogP contribution in [0.3, 0.4) is 0 Å². The average Bonchev–Trinajstić information content (AvgIpc) is 2.35. The van der Waals surface area contributed by atoms with Crippen molar-refractivity contribution in [3.63, 3.8) is 0 Å². The normalized spacial score (nSPS) is 12.2. The lowest BCUT2D eigenvalue weighted by molar-refractivity contribution is 0.217. The van der Waals surface area contributed by atoms with Gasteiger partial charge in [-0.1, -0.05) is 13.0 Å². The molecular formula is C14H23NO2. The van der Waals surface area contributed by atoms with Crippen LogP contribution in [0.5, 0.6) is 5.75 Å². The van der Waals surface area contributed by atoms with Crippen molar-refractivity contribution in [1.82, 2.24) is 0 Å². The molecule has 1 rings (SSSR count). The van der Waals surface area contributed by atoms with Crippen molar-refractivity contribution in [2.24, 2.45) is 0 Å². The van der Waals surface area contributed by atoms with Gasteiger partial charge in [-0.3, -0.25) is 0 Å². The Hall–Kier alpha value is -1.22. The molecule has 0 aromatic heterocycles. The third kappa shape index (κ3) is 5.59. The van der Waals surface area contributed by atoms with Gasteiger partial charge in [-0.15, -0.1) is 0 Å². The summed E-state index contributed by atoms with van der Waals surface area (Å²) in [5.74, 6) is 0.909. The van der Waals surface area contributed by atoms with Gasteiger partial charge in [0.1, 0.15) is 5.75 Å². The summed E-state index contributed by atoms with van der Waals surface area (Å²) in [7, 11) is 0. The molecule has 0 spiro atoms. The lowest BCUT2D eigenvalue weighted by Gasteiger charge is -2.14. The van der Waals surface area contributed by atoms with E-state index in [1.165, 1.54) is 0 Å². The van der Waals surface area contributed by atoms with Gasteiger partial charge in [0, 0.05) is 24.9 Å². The van der Waals surface area contributed by atoms with Gasteiger partial charge in [-0.2, -0.15) is 0 Å². The molecule has 0 saturated carbocycles. The Morgan fingerprint density at radius 2 is 2.18 bits per heavy atom. The van der Waals surface area contributed by atoms with Crippen LogP contribution in [0.2, 0.25) is 0 Å². The predicted octanol–water partition coefficient (Wildman–Crippen LogP) is 3.05. The van der Waals surface area contributed by atoms with Crippen molar-refractivity contribution in [2.75, 3.05) is 18.5 Å². The Kier molecular flexibility index (Phi) is 6.48. The molecule has 3 heteroatoms. The minimum Gasteiger partial charge on any atom is -0.491 e. The molecule has 2 N–H and O–H groups in total. The molecule has 1 aromatic rings. The smallest absolute Gasteiger partial charge is 0.121 e. The molecule has 0 amide bonds. The van der Waals surface area contributed by atoms with Gasteiger partial charge in [0.15, 0.2) is 0 Å². The van der Waals surface area contributed by atoms with Crippen molar-refractivity contribution in [3.05, 3.63) is 24.3 Å². The monoisotopic (exact) mass is 237 g/mol. The van der Waals surface area contributed by atoms with Gasteiger partial charge in [0.2, 0.25) is 0 Å². The Balaban J connectivity index is 2.42. The van der Waals surface area contributed by atoms with Crippen molar-refractivity contribution < 1.29 is 9.84 Å². The van der Waals surface area contributed by atoms with Crippen LogP contribution in [0.1, 0.15) is 33.1 Å². The number of hydrogen-bond donors (Lipinski definition) is 2. The summed E-state index contributed by atoms with van der Waals surface area (Å²) >= 11 is 0. The molecule has 3 nitrogen and oxygen atoms in total. The molecule has 0 bridgehead atoms. The maximum Gasteiger partial charge on any atom is 0.121 e. The molecule has 0 aliphatic carbocycles. The SMILES string of the molecule is CCC(C)Oc1cccc(NCCCCO)c1. The maximum absolute atomic E-state index is 8.69. The first-order valence-electron chi connectivity index (χ1n) is 6.37. The fourth-order valence-corrected chi connectivity index (χ4v) is 1.46.